The molecule has 0 amide bonds. The molecule has 0 spiro atoms. The Kier molecular flexibility index (Phi) is 3.72. The van der Waals surface area contributed by atoms with Gasteiger partial charge in [0.2, 0.25) is 5.89 Å². The maximum absolute atomic E-state index is 13.1. The van der Waals surface area contributed by atoms with Gasteiger partial charge in [-0.3, -0.25) is 0 Å². The second-order valence-corrected chi connectivity index (χ2v) is 5.60. The molecule has 1 aromatic carbocycles. The molecule has 2 aromatic rings. The van der Waals surface area contributed by atoms with Crippen LogP contribution in [0.25, 0.3) is 0 Å². The first kappa shape index (κ1) is 13.8. The van der Waals surface area contributed by atoms with Gasteiger partial charge in [-0.25, -0.2) is 17.5 Å². The summed E-state index contributed by atoms with van der Waals surface area (Å²) in [4.78, 5) is 3.39. The molecular weight excluding hydrogens is 297 g/mol. The third kappa shape index (κ3) is 3.02. The Morgan fingerprint density at radius 3 is 2.84 bits per heavy atom. The number of hydrogen-bond acceptors (Lipinski definition) is 5. The number of aryl methyl sites for hydroxylation is 1. The second-order valence-electron chi connectivity index (χ2n) is 3.55. The SMILES string of the molecule is CCc1nc(NS(=O)(=O)c2cc(F)ccc2Cl)no1. The molecule has 1 N–H and O–H groups in total. The first-order valence-electron chi connectivity index (χ1n) is 5.23. The van der Waals surface area contributed by atoms with Gasteiger partial charge in [0.05, 0.1) is 5.02 Å². The summed E-state index contributed by atoms with van der Waals surface area (Å²) in [6.45, 7) is 1.77. The van der Waals surface area contributed by atoms with Crippen LogP contribution in [0.4, 0.5) is 10.3 Å². The molecule has 6 nitrogen and oxygen atoms in total. The van der Waals surface area contributed by atoms with E-state index in [9.17, 15) is 12.8 Å². The maximum Gasteiger partial charge on any atom is 0.277 e. The van der Waals surface area contributed by atoms with Crippen LogP contribution in [0.5, 0.6) is 0 Å². The Labute approximate surface area is 113 Å². The van der Waals surface area contributed by atoms with E-state index in [1.165, 1.54) is 0 Å². The lowest BCUT2D eigenvalue weighted by atomic mass is 10.3. The molecule has 19 heavy (non-hydrogen) atoms. The van der Waals surface area contributed by atoms with Crippen molar-refractivity contribution < 1.29 is 17.3 Å². The first-order chi connectivity index (χ1) is 8.92. The highest BCUT2D eigenvalue weighted by molar-refractivity contribution is 7.92. The fourth-order valence-electron chi connectivity index (χ4n) is 1.30. The monoisotopic (exact) mass is 305 g/mol. The highest BCUT2D eigenvalue weighted by atomic mass is 35.5. The molecule has 0 bridgehead atoms. The van der Waals surface area contributed by atoms with E-state index in [-0.39, 0.29) is 16.9 Å². The standard InChI is InChI=1S/C10H9ClFN3O3S/c1-2-9-13-10(14-18-9)15-19(16,17)8-5-6(12)3-4-7(8)11/h3-5H,2H2,1H3,(H,14,15). The van der Waals surface area contributed by atoms with Crippen molar-refractivity contribution in [3.05, 3.63) is 34.9 Å². The molecule has 2 rings (SSSR count). The molecule has 0 saturated carbocycles. The van der Waals surface area contributed by atoms with E-state index in [2.05, 4.69) is 14.9 Å². The number of rotatable bonds is 4. The molecule has 0 aliphatic rings. The Hall–Kier alpha value is -1.67. The van der Waals surface area contributed by atoms with Crippen LogP contribution in [0.3, 0.4) is 0 Å². The van der Waals surface area contributed by atoms with Crippen LogP contribution < -0.4 is 4.72 Å². The number of sulfonamides is 1. The van der Waals surface area contributed by atoms with Crippen LogP contribution in [0, 0.1) is 5.82 Å². The van der Waals surface area contributed by atoms with Crippen molar-refractivity contribution in [2.24, 2.45) is 0 Å². The van der Waals surface area contributed by atoms with Crippen molar-refractivity contribution in [2.75, 3.05) is 4.72 Å². The average Bonchev–Trinajstić information content (AvgIpc) is 2.79. The molecule has 0 aliphatic carbocycles. The lowest BCUT2D eigenvalue weighted by molar-refractivity contribution is 0.383. The van der Waals surface area contributed by atoms with Gasteiger partial charge in [0, 0.05) is 6.42 Å². The minimum Gasteiger partial charge on any atom is -0.337 e. The summed E-state index contributed by atoms with van der Waals surface area (Å²) in [5.41, 5.74) is 0. The fourth-order valence-corrected chi connectivity index (χ4v) is 2.75. The maximum atomic E-state index is 13.1. The van der Waals surface area contributed by atoms with Gasteiger partial charge in [-0.05, 0) is 23.4 Å². The molecule has 0 radical (unpaired) electrons. The molecule has 9 heteroatoms. The zero-order valence-corrected chi connectivity index (χ0v) is 11.3. The molecule has 0 saturated heterocycles. The Balaban J connectivity index is 2.34. The largest absolute Gasteiger partial charge is 0.337 e. The predicted octanol–water partition coefficient (Wildman–Crippen LogP) is 2.23. The number of aromatic nitrogens is 2. The molecule has 102 valence electrons. The molecular formula is C10H9ClFN3O3S. The third-order valence-electron chi connectivity index (χ3n) is 2.18. The van der Waals surface area contributed by atoms with Crippen LogP contribution in [0.2, 0.25) is 5.02 Å². The van der Waals surface area contributed by atoms with Crippen molar-refractivity contribution in [3.63, 3.8) is 0 Å². The van der Waals surface area contributed by atoms with E-state index in [0.717, 1.165) is 18.2 Å². The van der Waals surface area contributed by atoms with E-state index >= 15 is 0 Å². The second kappa shape index (κ2) is 5.14. The van der Waals surface area contributed by atoms with Crippen molar-refractivity contribution in [3.8, 4) is 0 Å². The molecule has 1 aromatic heterocycles. The van der Waals surface area contributed by atoms with E-state index < -0.39 is 20.7 Å². The van der Waals surface area contributed by atoms with Gasteiger partial charge in [0.15, 0.2) is 0 Å². The molecule has 0 fully saturated rings. The fraction of sp³-hybridized carbons (Fsp3) is 0.200. The molecule has 1 heterocycles. The number of halogens is 2. The van der Waals surface area contributed by atoms with Crippen molar-refractivity contribution in [2.45, 2.75) is 18.2 Å². The molecule has 0 atom stereocenters. The number of benzene rings is 1. The van der Waals surface area contributed by atoms with Crippen LogP contribution in [-0.2, 0) is 16.4 Å². The van der Waals surface area contributed by atoms with Crippen LogP contribution in [0.1, 0.15) is 12.8 Å². The van der Waals surface area contributed by atoms with Crippen molar-refractivity contribution >= 4 is 27.6 Å². The van der Waals surface area contributed by atoms with Gasteiger partial charge in [-0.2, -0.15) is 4.98 Å². The molecule has 0 unspecified atom stereocenters. The van der Waals surface area contributed by atoms with E-state index in [1.807, 2.05) is 0 Å². The van der Waals surface area contributed by atoms with Crippen LogP contribution in [0.15, 0.2) is 27.6 Å². The van der Waals surface area contributed by atoms with Crippen LogP contribution >= 0.6 is 11.6 Å². The minimum atomic E-state index is -4.07. The lowest BCUT2D eigenvalue weighted by Gasteiger charge is -2.05. The van der Waals surface area contributed by atoms with Crippen molar-refractivity contribution in [1.82, 2.24) is 10.1 Å². The number of nitrogens with one attached hydrogen (secondary N) is 1. The summed E-state index contributed by atoms with van der Waals surface area (Å²) in [5.74, 6) is -0.660. The summed E-state index contributed by atoms with van der Waals surface area (Å²) in [7, 11) is -4.07. The topological polar surface area (TPSA) is 85.1 Å². The Bertz CT molecular complexity index is 702. The van der Waals surface area contributed by atoms with Crippen molar-refractivity contribution in [1.29, 1.82) is 0 Å². The average molecular weight is 306 g/mol. The third-order valence-corrected chi connectivity index (χ3v) is 3.99. The normalized spacial score (nSPS) is 11.5. The molecule has 0 aliphatic heterocycles. The minimum absolute atomic E-state index is 0.104. The highest BCUT2D eigenvalue weighted by Crippen LogP contribution is 2.23. The number of hydrogen-bond donors (Lipinski definition) is 1. The predicted molar refractivity (Wildman–Crippen MR) is 65.9 cm³/mol. The summed E-state index contributed by atoms with van der Waals surface area (Å²) in [5, 5.41) is 3.33. The Morgan fingerprint density at radius 1 is 1.47 bits per heavy atom. The van der Waals surface area contributed by atoms with Gasteiger partial charge < -0.3 is 4.52 Å². The van der Waals surface area contributed by atoms with Gasteiger partial charge in [-0.15, -0.1) is 0 Å². The smallest absolute Gasteiger partial charge is 0.277 e. The van der Waals surface area contributed by atoms with E-state index in [1.54, 1.807) is 6.92 Å². The van der Waals surface area contributed by atoms with Gasteiger partial charge in [0.25, 0.3) is 16.0 Å². The Morgan fingerprint density at radius 2 is 2.21 bits per heavy atom. The van der Waals surface area contributed by atoms with Gasteiger partial charge in [0.1, 0.15) is 10.7 Å². The number of anilines is 1. The van der Waals surface area contributed by atoms with Gasteiger partial charge >= 0.3 is 0 Å². The zero-order valence-electron chi connectivity index (χ0n) is 9.72. The van der Waals surface area contributed by atoms with Crippen LogP contribution in [-0.4, -0.2) is 18.6 Å². The zero-order chi connectivity index (χ0) is 14.0. The van der Waals surface area contributed by atoms with Gasteiger partial charge in [-0.1, -0.05) is 18.5 Å². The summed E-state index contributed by atoms with van der Waals surface area (Å²) in [6.07, 6.45) is 0.468. The van der Waals surface area contributed by atoms with E-state index in [0.29, 0.717) is 6.42 Å². The lowest BCUT2D eigenvalue weighted by Crippen LogP contribution is -2.14. The summed E-state index contributed by atoms with van der Waals surface area (Å²) >= 11 is 5.73. The van der Waals surface area contributed by atoms with E-state index in [4.69, 9.17) is 16.1 Å². The highest BCUT2D eigenvalue weighted by Gasteiger charge is 2.21. The summed E-state index contributed by atoms with van der Waals surface area (Å²) in [6, 6.07) is 3.02. The first-order valence-corrected chi connectivity index (χ1v) is 7.09. The number of nitrogens with zero attached hydrogens (tertiary/aromatic N) is 2. The summed E-state index contributed by atoms with van der Waals surface area (Å²) < 4.78 is 43.9. The quantitative estimate of drug-likeness (QED) is 0.936.